The summed E-state index contributed by atoms with van der Waals surface area (Å²) in [5.41, 5.74) is 1.46. The van der Waals surface area contributed by atoms with E-state index in [4.69, 9.17) is 23.2 Å². The first-order valence-corrected chi connectivity index (χ1v) is 7.26. The molecule has 0 amide bonds. The van der Waals surface area contributed by atoms with Gasteiger partial charge >= 0.3 is 0 Å². The maximum absolute atomic E-state index is 12.5. The van der Waals surface area contributed by atoms with Crippen molar-refractivity contribution < 1.29 is 9.36 Å². The van der Waals surface area contributed by atoms with Gasteiger partial charge in [-0.25, -0.2) is 0 Å². The van der Waals surface area contributed by atoms with Gasteiger partial charge in [0.05, 0.1) is 21.8 Å². The van der Waals surface area contributed by atoms with Crippen molar-refractivity contribution in [3.63, 3.8) is 0 Å². The van der Waals surface area contributed by atoms with E-state index in [2.05, 4.69) is 0 Å². The zero-order chi connectivity index (χ0) is 13.8. The Morgan fingerprint density at radius 2 is 1.63 bits per heavy atom. The average molecular weight is 311 g/mol. The highest BCUT2D eigenvalue weighted by Gasteiger charge is 2.18. The summed E-state index contributed by atoms with van der Waals surface area (Å²) in [5, 5.41) is 0.624. The van der Waals surface area contributed by atoms with Crippen molar-refractivity contribution in [2.24, 2.45) is 0 Å². The monoisotopic (exact) mass is 310 g/mol. The van der Waals surface area contributed by atoms with Crippen LogP contribution in [0.1, 0.15) is 21.5 Å². The average Bonchev–Trinajstić information content (AvgIpc) is 2.39. The smallest absolute Gasteiger partial charge is 0.196 e. The highest BCUT2D eigenvalue weighted by atomic mass is 35.5. The third-order valence-electron chi connectivity index (χ3n) is 2.69. The first-order valence-electron chi connectivity index (χ1n) is 5.51. The minimum atomic E-state index is -0.255. The molecule has 5 heteroatoms. The molecule has 0 aliphatic carbocycles. The van der Waals surface area contributed by atoms with Crippen LogP contribution in [-0.2, 0) is 10.7 Å². The summed E-state index contributed by atoms with van der Waals surface area (Å²) in [5.74, 6) is -0.255. The minimum Gasteiger partial charge on any atom is -0.288 e. The van der Waals surface area contributed by atoms with Gasteiger partial charge in [-0.15, -0.1) is 0 Å². The van der Waals surface area contributed by atoms with E-state index in [9.17, 15) is 9.36 Å². The summed E-state index contributed by atoms with van der Waals surface area (Å²) in [7, 11) is -0.0350. The maximum Gasteiger partial charge on any atom is 0.196 e. The van der Waals surface area contributed by atoms with Gasteiger partial charge in [-0.2, -0.15) is 0 Å². The third-order valence-corrected chi connectivity index (χ3v) is 3.79. The standard InChI is InChI=1S/C14H9Cl2O2P/c15-11-6-3-7-12(16)13(11)14(17)10-5-2-1-4-9(10)8-19-18/h1-7H,8H2. The van der Waals surface area contributed by atoms with Crippen molar-refractivity contribution in [3.8, 4) is 0 Å². The summed E-state index contributed by atoms with van der Waals surface area (Å²) in [4.78, 5) is 12.5. The van der Waals surface area contributed by atoms with Crippen molar-refractivity contribution >= 4 is 37.4 Å². The zero-order valence-corrected chi connectivity index (χ0v) is 12.2. The second kappa shape index (κ2) is 6.29. The van der Waals surface area contributed by atoms with Gasteiger partial charge < -0.3 is 0 Å². The molecule has 2 rings (SSSR count). The lowest BCUT2D eigenvalue weighted by molar-refractivity contribution is 0.103. The lowest BCUT2D eigenvalue weighted by Crippen LogP contribution is -2.06. The van der Waals surface area contributed by atoms with Gasteiger partial charge in [-0.3, -0.25) is 9.36 Å². The number of benzene rings is 2. The van der Waals surface area contributed by atoms with E-state index < -0.39 is 0 Å². The Balaban J connectivity index is 2.53. The van der Waals surface area contributed by atoms with Gasteiger partial charge in [0.15, 0.2) is 14.2 Å². The van der Waals surface area contributed by atoms with Crippen LogP contribution in [0.5, 0.6) is 0 Å². The molecule has 0 spiro atoms. The van der Waals surface area contributed by atoms with Crippen LogP contribution in [0.3, 0.4) is 0 Å². The van der Waals surface area contributed by atoms with E-state index in [1.54, 1.807) is 42.5 Å². The fourth-order valence-corrected chi connectivity index (χ4v) is 2.78. The fraction of sp³-hybridized carbons (Fsp3) is 0.0714. The SMILES string of the molecule is O=PCc1ccccc1C(=O)c1c(Cl)cccc1Cl. The van der Waals surface area contributed by atoms with Gasteiger partial charge in [0.25, 0.3) is 0 Å². The van der Waals surface area contributed by atoms with Crippen LogP contribution in [0, 0.1) is 0 Å². The molecule has 0 unspecified atom stereocenters. The Hall–Kier alpha value is -1.21. The zero-order valence-electron chi connectivity index (χ0n) is 9.77. The van der Waals surface area contributed by atoms with Crippen LogP contribution in [0.25, 0.3) is 0 Å². The second-order valence-electron chi connectivity index (χ2n) is 3.87. The Labute approximate surface area is 122 Å². The van der Waals surface area contributed by atoms with Crippen LogP contribution < -0.4 is 0 Å². The van der Waals surface area contributed by atoms with Gasteiger partial charge in [0.1, 0.15) is 0 Å². The van der Waals surface area contributed by atoms with Gasteiger partial charge in [-0.05, 0) is 17.7 Å². The normalized spacial score (nSPS) is 10.6. The lowest BCUT2D eigenvalue weighted by Gasteiger charge is -2.09. The van der Waals surface area contributed by atoms with Crippen LogP contribution in [0.4, 0.5) is 0 Å². The van der Waals surface area contributed by atoms with Crippen LogP contribution in [-0.4, -0.2) is 5.78 Å². The number of rotatable bonds is 4. The molecular formula is C14H9Cl2O2P. The predicted octanol–water partition coefficient (Wildman–Crippen LogP) is 5.02. The highest BCUT2D eigenvalue weighted by molar-refractivity contribution is 7.22. The van der Waals surface area contributed by atoms with Crippen molar-refractivity contribution in [3.05, 3.63) is 69.2 Å². The molecule has 0 bridgehead atoms. The van der Waals surface area contributed by atoms with E-state index in [1.807, 2.05) is 0 Å². The van der Waals surface area contributed by atoms with Crippen molar-refractivity contribution in [1.82, 2.24) is 0 Å². The molecule has 0 heterocycles. The molecule has 0 aliphatic heterocycles. The highest BCUT2D eigenvalue weighted by Crippen LogP contribution is 2.28. The Morgan fingerprint density at radius 3 is 2.26 bits per heavy atom. The molecule has 0 radical (unpaired) electrons. The molecule has 2 aromatic carbocycles. The van der Waals surface area contributed by atoms with Gasteiger partial charge in [0, 0.05) is 5.56 Å². The molecule has 96 valence electrons. The van der Waals surface area contributed by atoms with Gasteiger partial charge in [-0.1, -0.05) is 53.5 Å². The van der Waals surface area contributed by atoms with E-state index in [0.29, 0.717) is 21.2 Å². The number of carbonyl (C=O) groups is 1. The second-order valence-corrected chi connectivity index (χ2v) is 5.26. The van der Waals surface area contributed by atoms with Crippen molar-refractivity contribution in [2.75, 3.05) is 0 Å². The molecule has 0 aliphatic rings. The fourth-order valence-electron chi connectivity index (χ4n) is 1.80. The maximum atomic E-state index is 12.5. The molecule has 0 fully saturated rings. The Bertz CT molecular complexity index is 621. The summed E-state index contributed by atoms with van der Waals surface area (Å²) >= 11 is 12.1. The molecule has 0 atom stereocenters. The van der Waals surface area contributed by atoms with E-state index in [-0.39, 0.29) is 26.0 Å². The molecule has 0 saturated carbocycles. The third kappa shape index (κ3) is 3.03. The van der Waals surface area contributed by atoms with E-state index in [1.165, 1.54) is 0 Å². The van der Waals surface area contributed by atoms with E-state index in [0.717, 1.165) is 0 Å². The molecule has 0 aromatic heterocycles. The van der Waals surface area contributed by atoms with Crippen molar-refractivity contribution in [1.29, 1.82) is 0 Å². The molecule has 19 heavy (non-hydrogen) atoms. The first-order chi connectivity index (χ1) is 9.15. The summed E-state index contributed by atoms with van der Waals surface area (Å²) in [6.07, 6.45) is 0.282. The lowest BCUT2D eigenvalue weighted by atomic mass is 9.99. The van der Waals surface area contributed by atoms with E-state index >= 15 is 0 Å². The number of halogens is 2. The molecule has 0 N–H and O–H groups in total. The number of ketones is 1. The summed E-state index contributed by atoms with van der Waals surface area (Å²) < 4.78 is 10.8. The number of carbonyl (C=O) groups excluding carboxylic acids is 1. The Kier molecular flexibility index (Phi) is 4.71. The summed E-state index contributed by atoms with van der Waals surface area (Å²) in [6, 6.07) is 11.9. The predicted molar refractivity (Wildman–Crippen MR) is 77.6 cm³/mol. The molecule has 0 saturated heterocycles. The molecular weight excluding hydrogens is 302 g/mol. The first kappa shape index (κ1) is 14.2. The van der Waals surface area contributed by atoms with Crippen molar-refractivity contribution in [2.45, 2.75) is 6.16 Å². The summed E-state index contributed by atoms with van der Waals surface area (Å²) in [6.45, 7) is 0. The quantitative estimate of drug-likeness (QED) is 0.587. The van der Waals surface area contributed by atoms with Crippen LogP contribution in [0.15, 0.2) is 42.5 Å². The minimum absolute atomic E-state index is 0.0350. The number of hydrogen-bond donors (Lipinski definition) is 0. The van der Waals surface area contributed by atoms with Gasteiger partial charge in [0.2, 0.25) is 0 Å². The number of hydrogen-bond acceptors (Lipinski definition) is 2. The van der Waals surface area contributed by atoms with Crippen LogP contribution in [0.2, 0.25) is 10.0 Å². The van der Waals surface area contributed by atoms with Crippen LogP contribution >= 0.6 is 31.7 Å². The topological polar surface area (TPSA) is 34.1 Å². The molecule has 2 aromatic rings. The largest absolute Gasteiger partial charge is 0.288 e. The Morgan fingerprint density at radius 1 is 1.00 bits per heavy atom. The molecule has 2 nitrogen and oxygen atoms in total.